The van der Waals surface area contributed by atoms with Crippen molar-refractivity contribution in [3.05, 3.63) is 35.7 Å². The minimum atomic E-state index is -0.148. The molecule has 4 rings (SSSR count). The van der Waals surface area contributed by atoms with Crippen molar-refractivity contribution in [2.75, 3.05) is 33.3 Å². The normalized spacial score (nSPS) is 31.6. The van der Waals surface area contributed by atoms with Crippen LogP contribution in [-0.2, 0) is 4.74 Å². The lowest BCUT2D eigenvalue weighted by molar-refractivity contribution is 0.00363. The average molecular weight is 371 g/mol. The molecule has 1 spiro atoms. The number of hydrogen-bond acceptors (Lipinski definition) is 5. The Hall–Kier alpha value is -1.92. The van der Waals surface area contributed by atoms with Crippen LogP contribution in [0.25, 0.3) is 0 Å². The molecule has 0 unspecified atom stereocenters. The number of methoxy groups -OCH3 is 1. The summed E-state index contributed by atoms with van der Waals surface area (Å²) in [7, 11) is 1.59. The first kappa shape index (κ1) is 18.4. The number of aromatic nitrogens is 1. The molecule has 0 aromatic carbocycles. The highest BCUT2D eigenvalue weighted by atomic mass is 16.5. The van der Waals surface area contributed by atoms with Gasteiger partial charge in [-0.05, 0) is 32.8 Å². The monoisotopic (exact) mass is 371 g/mol. The topological polar surface area (TPSA) is 63.7 Å². The number of hydrogen-bond donors (Lipinski definition) is 1. The predicted octanol–water partition coefficient (Wildman–Crippen LogP) is 2.27. The number of ether oxygens (including phenoxy) is 2. The lowest BCUT2D eigenvalue weighted by Crippen LogP contribution is -2.42. The maximum absolute atomic E-state index is 12.5. The second-order valence-corrected chi connectivity index (χ2v) is 8.30. The van der Waals surface area contributed by atoms with E-state index in [0.717, 1.165) is 32.5 Å². The molecule has 4 atom stereocenters. The molecule has 27 heavy (non-hydrogen) atoms. The Morgan fingerprint density at radius 1 is 1.52 bits per heavy atom. The van der Waals surface area contributed by atoms with Crippen LogP contribution >= 0.6 is 0 Å². The quantitative estimate of drug-likeness (QED) is 0.777. The number of nitrogens with zero attached hydrogens (tertiary/aromatic N) is 2. The van der Waals surface area contributed by atoms with Gasteiger partial charge in [0.05, 0.1) is 18.8 Å². The Morgan fingerprint density at radius 3 is 3.15 bits per heavy atom. The largest absolute Gasteiger partial charge is 0.497 e. The molecule has 3 aliphatic heterocycles. The summed E-state index contributed by atoms with van der Waals surface area (Å²) in [4.78, 5) is 19.2. The van der Waals surface area contributed by atoms with E-state index >= 15 is 0 Å². The van der Waals surface area contributed by atoms with Crippen molar-refractivity contribution in [2.24, 2.45) is 11.8 Å². The summed E-state index contributed by atoms with van der Waals surface area (Å²) in [6, 6.07) is 3.41. The maximum Gasteiger partial charge on any atom is 0.270 e. The number of rotatable bonds is 6. The van der Waals surface area contributed by atoms with Crippen molar-refractivity contribution in [3.8, 4) is 5.75 Å². The second-order valence-electron chi connectivity index (χ2n) is 8.30. The van der Waals surface area contributed by atoms with Gasteiger partial charge in [0, 0.05) is 50.3 Å². The van der Waals surface area contributed by atoms with E-state index in [-0.39, 0.29) is 17.6 Å². The fraction of sp³-hybridized carbons (Fsp3) is 0.619. The summed E-state index contributed by atoms with van der Waals surface area (Å²) in [6.07, 6.45) is 6.41. The summed E-state index contributed by atoms with van der Waals surface area (Å²) < 4.78 is 11.6. The Kier molecular flexibility index (Phi) is 4.95. The molecule has 0 radical (unpaired) electrons. The van der Waals surface area contributed by atoms with Gasteiger partial charge in [0.25, 0.3) is 5.91 Å². The Balaban J connectivity index is 1.39. The molecule has 3 saturated heterocycles. The highest BCUT2D eigenvalue weighted by molar-refractivity contribution is 5.92. The van der Waals surface area contributed by atoms with E-state index < -0.39 is 0 Å². The van der Waals surface area contributed by atoms with Crippen LogP contribution in [0.2, 0.25) is 0 Å². The van der Waals surface area contributed by atoms with Gasteiger partial charge < -0.3 is 14.8 Å². The first-order valence-electron chi connectivity index (χ1n) is 9.82. The molecular formula is C21H29N3O3. The minimum Gasteiger partial charge on any atom is -0.497 e. The van der Waals surface area contributed by atoms with Crippen LogP contribution in [0.4, 0.5) is 0 Å². The minimum absolute atomic E-state index is 0.00373. The van der Waals surface area contributed by atoms with Gasteiger partial charge in [-0.1, -0.05) is 11.6 Å². The zero-order valence-electron chi connectivity index (χ0n) is 16.4. The molecule has 6 heteroatoms. The first-order valence-corrected chi connectivity index (χ1v) is 9.82. The van der Waals surface area contributed by atoms with Gasteiger partial charge in [-0.2, -0.15) is 0 Å². The van der Waals surface area contributed by atoms with Crippen molar-refractivity contribution >= 4 is 5.91 Å². The lowest BCUT2D eigenvalue weighted by atomic mass is 9.73. The van der Waals surface area contributed by atoms with Crippen LogP contribution in [0.1, 0.15) is 37.2 Å². The fourth-order valence-corrected chi connectivity index (χ4v) is 4.97. The van der Waals surface area contributed by atoms with Gasteiger partial charge in [-0.3, -0.25) is 14.7 Å². The number of nitrogens with one attached hydrogen (secondary N) is 1. The van der Waals surface area contributed by atoms with E-state index in [1.807, 2.05) is 0 Å². The van der Waals surface area contributed by atoms with E-state index in [2.05, 4.69) is 35.1 Å². The lowest BCUT2D eigenvalue weighted by Gasteiger charge is -2.29. The molecule has 1 aromatic heterocycles. The van der Waals surface area contributed by atoms with Gasteiger partial charge in [0.2, 0.25) is 0 Å². The van der Waals surface area contributed by atoms with Crippen molar-refractivity contribution in [1.82, 2.24) is 15.2 Å². The van der Waals surface area contributed by atoms with Crippen LogP contribution in [0, 0.1) is 11.8 Å². The smallest absolute Gasteiger partial charge is 0.270 e. The third kappa shape index (κ3) is 3.48. The summed E-state index contributed by atoms with van der Waals surface area (Å²) in [5.74, 6) is 1.37. The second kappa shape index (κ2) is 7.24. The third-order valence-corrected chi connectivity index (χ3v) is 6.31. The predicted molar refractivity (Wildman–Crippen MR) is 103 cm³/mol. The highest BCUT2D eigenvalue weighted by Crippen LogP contribution is 2.54. The molecule has 1 amide bonds. The Morgan fingerprint density at radius 2 is 2.37 bits per heavy atom. The zero-order valence-corrected chi connectivity index (χ0v) is 16.4. The summed E-state index contributed by atoms with van der Waals surface area (Å²) in [6.45, 7) is 7.98. The standard InChI is InChI=1S/C21H29N3O3/c1-14(2)6-9-24-12-17-16(19-4-7-21(17,13-24)27-19)11-23-20(25)18-10-15(26-3)5-8-22-18/h5-6,8,10,16-17,19H,4,7,9,11-13H2,1-3H3,(H,23,25)/t16-,17+,19+,21+/m0/s1. The number of amides is 1. The van der Waals surface area contributed by atoms with Gasteiger partial charge in [-0.15, -0.1) is 0 Å². The number of carbonyl (C=O) groups excluding carboxylic acids is 1. The number of fused-ring (bicyclic) bond motifs is 1. The average Bonchev–Trinajstić information content (AvgIpc) is 3.32. The molecule has 0 saturated carbocycles. The Bertz CT molecular complexity index is 746. The van der Waals surface area contributed by atoms with E-state index in [1.165, 1.54) is 5.57 Å². The van der Waals surface area contributed by atoms with Crippen LogP contribution in [0.15, 0.2) is 30.0 Å². The molecule has 4 heterocycles. The van der Waals surface area contributed by atoms with Gasteiger partial charge >= 0.3 is 0 Å². The summed E-state index contributed by atoms with van der Waals surface area (Å²) in [5.41, 5.74) is 1.75. The molecule has 6 nitrogen and oxygen atoms in total. The van der Waals surface area contributed by atoms with E-state index in [1.54, 1.807) is 25.4 Å². The first-order chi connectivity index (χ1) is 13.0. The summed E-state index contributed by atoms with van der Waals surface area (Å²) >= 11 is 0. The number of allylic oxidation sites excluding steroid dienone is 1. The van der Waals surface area contributed by atoms with Crippen LogP contribution in [-0.4, -0.2) is 60.8 Å². The van der Waals surface area contributed by atoms with Crippen LogP contribution < -0.4 is 10.1 Å². The highest BCUT2D eigenvalue weighted by Gasteiger charge is 2.62. The van der Waals surface area contributed by atoms with Crippen molar-refractivity contribution in [1.29, 1.82) is 0 Å². The molecule has 3 aliphatic rings. The number of pyridine rings is 1. The molecule has 1 aromatic rings. The van der Waals surface area contributed by atoms with Crippen molar-refractivity contribution in [2.45, 2.75) is 38.4 Å². The van der Waals surface area contributed by atoms with E-state index in [0.29, 0.717) is 29.8 Å². The van der Waals surface area contributed by atoms with Gasteiger partial charge in [0.1, 0.15) is 11.4 Å². The van der Waals surface area contributed by atoms with Gasteiger partial charge in [-0.25, -0.2) is 0 Å². The maximum atomic E-state index is 12.5. The number of likely N-dealkylation sites (tertiary alicyclic amines) is 1. The van der Waals surface area contributed by atoms with E-state index in [9.17, 15) is 4.79 Å². The van der Waals surface area contributed by atoms with Crippen molar-refractivity contribution in [3.63, 3.8) is 0 Å². The van der Waals surface area contributed by atoms with Crippen LogP contribution in [0.5, 0.6) is 5.75 Å². The molecule has 3 fully saturated rings. The third-order valence-electron chi connectivity index (χ3n) is 6.31. The number of carbonyl (C=O) groups is 1. The molecule has 2 bridgehead atoms. The fourth-order valence-electron chi connectivity index (χ4n) is 4.97. The van der Waals surface area contributed by atoms with E-state index in [4.69, 9.17) is 9.47 Å². The summed E-state index contributed by atoms with van der Waals surface area (Å²) in [5, 5.41) is 3.08. The molecule has 0 aliphatic carbocycles. The zero-order chi connectivity index (χ0) is 19.0. The van der Waals surface area contributed by atoms with Crippen molar-refractivity contribution < 1.29 is 14.3 Å². The Labute approximate surface area is 160 Å². The molecule has 1 N–H and O–H groups in total. The molecule has 146 valence electrons. The molecular weight excluding hydrogens is 342 g/mol. The van der Waals surface area contributed by atoms with Gasteiger partial charge in [0.15, 0.2) is 0 Å². The SMILES string of the molecule is COc1ccnc(C(=O)NC[C@H]2[C@H]3CN(CC=C(C)C)C[C@]34CC[C@H]2O4)c1. The van der Waals surface area contributed by atoms with Crippen LogP contribution in [0.3, 0.4) is 0 Å².